The van der Waals surface area contributed by atoms with Crippen molar-refractivity contribution in [2.24, 2.45) is 0 Å². The quantitative estimate of drug-likeness (QED) is 0.657. The van der Waals surface area contributed by atoms with Crippen molar-refractivity contribution < 1.29 is 23.2 Å². The monoisotopic (exact) mass is 433 g/mol. The molecular weight excluding hydrogens is 416 g/mol. The summed E-state index contributed by atoms with van der Waals surface area (Å²) in [4.78, 5) is 29.9. The van der Waals surface area contributed by atoms with Crippen LogP contribution in [0.1, 0.15) is 22.5 Å². The van der Waals surface area contributed by atoms with Gasteiger partial charge in [-0.15, -0.1) is 0 Å². The molecule has 0 radical (unpaired) electrons. The molecule has 1 aliphatic carbocycles. The highest BCUT2D eigenvalue weighted by Crippen LogP contribution is 2.27. The lowest BCUT2D eigenvalue weighted by Crippen LogP contribution is -2.30. The molecule has 2 aromatic carbocycles. The lowest BCUT2D eigenvalue weighted by atomic mass is 10.0. The molecular formula is C24H17F2N3O3. The van der Waals surface area contributed by atoms with Gasteiger partial charge in [-0.3, -0.25) is 9.59 Å². The predicted octanol–water partition coefficient (Wildman–Crippen LogP) is 3.86. The molecule has 32 heavy (non-hydrogen) atoms. The molecule has 3 aromatic rings. The molecule has 160 valence electrons. The van der Waals surface area contributed by atoms with Crippen LogP contribution in [-0.4, -0.2) is 16.4 Å². The highest BCUT2D eigenvalue weighted by Gasteiger charge is 2.23. The minimum absolute atomic E-state index is 0.234. The fraction of sp³-hybridized carbons (Fsp3) is 0.0833. The van der Waals surface area contributed by atoms with E-state index in [0.717, 1.165) is 0 Å². The molecule has 2 amide bonds. The van der Waals surface area contributed by atoms with Crippen molar-refractivity contribution in [2.45, 2.75) is 13.0 Å². The lowest BCUT2D eigenvalue weighted by molar-refractivity contribution is -0.126. The average molecular weight is 433 g/mol. The zero-order valence-electron chi connectivity index (χ0n) is 16.7. The van der Waals surface area contributed by atoms with Gasteiger partial charge in [-0.25, -0.2) is 8.78 Å². The Labute approximate surface area is 181 Å². The SMILES string of the molecule is O=C1C=C2CC(NC(=O)c3cc4cc(F)ccc4n3Cc3cccc(F)c3)=CC=C2ON1. The summed E-state index contributed by atoms with van der Waals surface area (Å²) >= 11 is 0. The van der Waals surface area contributed by atoms with Gasteiger partial charge in [-0.1, -0.05) is 12.1 Å². The summed E-state index contributed by atoms with van der Waals surface area (Å²) < 4.78 is 29.2. The third kappa shape index (κ3) is 3.78. The Balaban J connectivity index is 1.48. The van der Waals surface area contributed by atoms with Gasteiger partial charge >= 0.3 is 0 Å². The number of nitrogens with one attached hydrogen (secondary N) is 2. The molecule has 1 aliphatic heterocycles. The van der Waals surface area contributed by atoms with Crippen LogP contribution in [0.25, 0.3) is 10.9 Å². The molecule has 5 rings (SSSR count). The molecule has 1 aromatic heterocycles. The van der Waals surface area contributed by atoms with Crippen LogP contribution in [0, 0.1) is 11.6 Å². The lowest BCUT2D eigenvalue weighted by Gasteiger charge is -2.22. The maximum absolute atomic E-state index is 13.8. The summed E-state index contributed by atoms with van der Waals surface area (Å²) in [6.07, 6.45) is 5.07. The minimum atomic E-state index is -0.414. The molecule has 2 aliphatic rings. The van der Waals surface area contributed by atoms with Crippen LogP contribution in [0.3, 0.4) is 0 Å². The minimum Gasteiger partial charge on any atom is -0.379 e. The first-order valence-electron chi connectivity index (χ1n) is 9.89. The van der Waals surface area contributed by atoms with Crippen molar-refractivity contribution in [2.75, 3.05) is 0 Å². The molecule has 2 N–H and O–H groups in total. The van der Waals surface area contributed by atoms with Gasteiger partial charge in [0.2, 0.25) is 0 Å². The van der Waals surface area contributed by atoms with Gasteiger partial charge in [-0.05, 0) is 54.1 Å². The Morgan fingerprint density at radius 3 is 2.78 bits per heavy atom. The molecule has 8 heteroatoms. The standard InChI is InChI=1S/C24H17F2N3O3/c25-17-3-1-2-14(8-17)13-29-20-6-4-18(26)9-15(20)11-21(29)24(31)27-19-5-7-22-16(10-19)12-23(30)28-32-22/h1-9,11-12H,10,13H2,(H,27,31)(H,28,30). The Hall–Kier alpha value is -4.20. The molecule has 2 heterocycles. The average Bonchev–Trinajstić information content (AvgIpc) is 3.11. The Kier molecular flexibility index (Phi) is 4.82. The van der Waals surface area contributed by atoms with Gasteiger partial charge in [0.25, 0.3) is 11.8 Å². The first kappa shape index (κ1) is 19.7. The van der Waals surface area contributed by atoms with Crippen molar-refractivity contribution in [3.8, 4) is 0 Å². The third-order valence-corrected chi connectivity index (χ3v) is 5.30. The smallest absolute Gasteiger partial charge is 0.277 e. The van der Waals surface area contributed by atoms with E-state index in [1.165, 1.54) is 30.3 Å². The molecule has 0 unspecified atom stereocenters. The van der Waals surface area contributed by atoms with Crippen LogP contribution in [0.4, 0.5) is 8.78 Å². The third-order valence-electron chi connectivity index (χ3n) is 5.30. The fourth-order valence-electron chi connectivity index (χ4n) is 3.86. The maximum Gasteiger partial charge on any atom is 0.277 e. The number of amides is 2. The van der Waals surface area contributed by atoms with Crippen LogP contribution in [0.5, 0.6) is 0 Å². The van der Waals surface area contributed by atoms with E-state index in [0.29, 0.717) is 45.6 Å². The van der Waals surface area contributed by atoms with Crippen LogP contribution in [-0.2, 0) is 16.2 Å². The van der Waals surface area contributed by atoms with Crippen LogP contribution < -0.4 is 10.8 Å². The number of hydrogen-bond acceptors (Lipinski definition) is 3. The summed E-state index contributed by atoms with van der Waals surface area (Å²) in [7, 11) is 0. The Morgan fingerprint density at radius 2 is 1.94 bits per heavy atom. The number of hydrogen-bond donors (Lipinski definition) is 2. The van der Waals surface area contributed by atoms with E-state index in [1.807, 2.05) is 0 Å². The van der Waals surface area contributed by atoms with E-state index < -0.39 is 11.7 Å². The highest BCUT2D eigenvalue weighted by molar-refractivity contribution is 5.99. The maximum atomic E-state index is 13.8. The number of benzene rings is 2. The van der Waals surface area contributed by atoms with Gasteiger partial charge < -0.3 is 14.7 Å². The topological polar surface area (TPSA) is 72.4 Å². The van der Waals surface area contributed by atoms with Crippen LogP contribution >= 0.6 is 0 Å². The van der Waals surface area contributed by atoms with Crippen molar-refractivity contribution in [3.05, 3.63) is 107 Å². The summed E-state index contributed by atoms with van der Waals surface area (Å²) in [6, 6.07) is 12.0. The van der Waals surface area contributed by atoms with Crippen LogP contribution in [0.15, 0.2) is 83.8 Å². The molecule has 0 bridgehead atoms. The van der Waals surface area contributed by atoms with E-state index >= 15 is 0 Å². The second-order valence-corrected chi connectivity index (χ2v) is 7.54. The van der Waals surface area contributed by atoms with Gasteiger partial charge in [0, 0.05) is 41.2 Å². The number of fused-ring (bicyclic) bond motifs is 2. The Bertz CT molecular complexity index is 1370. The van der Waals surface area contributed by atoms with E-state index in [9.17, 15) is 18.4 Å². The summed E-state index contributed by atoms with van der Waals surface area (Å²) in [5, 5.41) is 3.42. The molecule has 0 fully saturated rings. The molecule has 6 nitrogen and oxygen atoms in total. The largest absolute Gasteiger partial charge is 0.379 e. The number of hydroxylamine groups is 1. The number of allylic oxidation sites excluding steroid dienone is 4. The first-order chi connectivity index (χ1) is 15.5. The number of carbonyl (C=O) groups is 2. The number of nitrogens with zero attached hydrogens (tertiary/aromatic N) is 1. The van der Waals surface area contributed by atoms with Crippen LogP contribution in [0.2, 0.25) is 0 Å². The summed E-state index contributed by atoms with van der Waals surface area (Å²) in [5.74, 6) is -1.05. The van der Waals surface area contributed by atoms with Gasteiger partial charge in [-0.2, -0.15) is 5.48 Å². The number of rotatable bonds is 4. The zero-order valence-corrected chi connectivity index (χ0v) is 16.7. The fourth-order valence-corrected chi connectivity index (χ4v) is 3.86. The molecule has 0 saturated carbocycles. The summed E-state index contributed by atoms with van der Waals surface area (Å²) in [6.45, 7) is 0.234. The Morgan fingerprint density at radius 1 is 1.09 bits per heavy atom. The van der Waals surface area contributed by atoms with E-state index in [1.54, 1.807) is 41.0 Å². The van der Waals surface area contributed by atoms with Gasteiger partial charge in [0.1, 0.15) is 17.3 Å². The predicted molar refractivity (Wildman–Crippen MR) is 113 cm³/mol. The highest BCUT2D eigenvalue weighted by atomic mass is 19.1. The molecule has 0 saturated heterocycles. The number of carbonyl (C=O) groups excluding carboxylic acids is 2. The second kappa shape index (κ2) is 7.81. The summed E-state index contributed by atoms with van der Waals surface area (Å²) in [5.41, 5.74) is 5.11. The molecule has 0 spiro atoms. The van der Waals surface area contributed by atoms with Crippen molar-refractivity contribution >= 4 is 22.7 Å². The van der Waals surface area contributed by atoms with Crippen molar-refractivity contribution in [3.63, 3.8) is 0 Å². The van der Waals surface area contributed by atoms with Crippen molar-refractivity contribution in [1.82, 2.24) is 15.4 Å². The molecule has 0 atom stereocenters. The number of halogens is 2. The van der Waals surface area contributed by atoms with Gasteiger partial charge in [0.05, 0.1) is 0 Å². The second-order valence-electron chi connectivity index (χ2n) is 7.54. The normalized spacial score (nSPS) is 15.2. The first-order valence-corrected chi connectivity index (χ1v) is 9.89. The van der Waals surface area contributed by atoms with E-state index in [2.05, 4.69) is 10.8 Å². The van der Waals surface area contributed by atoms with Crippen molar-refractivity contribution in [1.29, 1.82) is 0 Å². The van der Waals surface area contributed by atoms with Gasteiger partial charge in [0.15, 0.2) is 5.76 Å². The van der Waals surface area contributed by atoms with E-state index in [-0.39, 0.29) is 18.3 Å². The number of aromatic nitrogens is 1. The van der Waals surface area contributed by atoms with E-state index in [4.69, 9.17) is 4.84 Å². The zero-order chi connectivity index (χ0) is 22.2.